The molecule has 8 heteroatoms. The summed E-state index contributed by atoms with van der Waals surface area (Å²) in [5.41, 5.74) is 4.17. The highest BCUT2D eigenvalue weighted by Crippen LogP contribution is 2.24. The summed E-state index contributed by atoms with van der Waals surface area (Å²) in [6.45, 7) is 2.92. The molecule has 0 amide bonds. The van der Waals surface area contributed by atoms with E-state index in [1.807, 2.05) is 17.9 Å². The highest BCUT2D eigenvalue weighted by molar-refractivity contribution is 7.07. The second-order valence-electron chi connectivity index (χ2n) is 5.67. The van der Waals surface area contributed by atoms with Gasteiger partial charge in [-0.25, -0.2) is 4.68 Å². The van der Waals surface area contributed by atoms with Crippen molar-refractivity contribution in [2.75, 3.05) is 6.54 Å². The third-order valence-corrected chi connectivity index (χ3v) is 4.66. The van der Waals surface area contributed by atoms with Crippen LogP contribution in [0, 0.1) is 0 Å². The zero-order valence-electron chi connectivity index (χ0n) is 12.8. The van der Waals surface area contributed by atoms with Crippen LogP contribution in [0.2, 0.25) is 0 Å². The van der Waals surface area contributed by atoms with E-state index < -0.39 is 0 Å². The molecule has 0 bridgehead atoms. The number of fused-ring (bicyclic) bond motifs is 1. The van der Waals surface area contributed by atoms with Gasteiger partial charge in [0.2, 0.25) is 0 Å². The molecule has 1 N–H and O–H groups in total. The minimum Gasteiger partial charge on any atom is -0.369 e. The number of hydrogen-bond acceptors (Lipinski definition) is 6. The van der Waals surface area contributed by atoms with Crippen LogP contribution >= 0.6 is 11.3 Å². The van der Waals surface area contributed by atoms with E-state index in [-0.39, 0.29) is 6.10 Å². The maximum absolute atomic E-state index is 5.96. The first-order valence-electron chi connectivity index (χ1n) is 7.54. The SMILES string of the molecule is Cn1cc(-c2nnn3c2CO[C@@H](CNCc2ccsc2)C3)cn1. The Kier molecular flexibility index (Phi) is 3.94. The lowest BCUT2D eigenvalue weighted by atomic mass is 10.2. The van der Waals surface area contributed by atoms with Gasteiger partial charge in [0.15, 0.2) is 0 Å². The molecule has 1 atom stereocenters. The Bertz CT molecular complexity index is 778. The van der Waals surface area contributed by atoms with E-state index in [0.717, 1.165) is 36.6 Å². The van der Waals surface area contributed by atoms with Crippen LogP contribution in [0.15, 0.2) is 29.2 Å². The van der Waals surface area contributed by atoms with Crippen molar-refractivity contribution in [1.29, 1.82) is 0 Å². The van der Waals surface area contributed by atoms with Crippen molar-refractivity contribution in [1.82, 2.24) is 30.1 Å². The molecule has 1 aliphatic heterocycles. The zero-order chi connectivity index (χ0) is 15.6. The van der Waals surface area contributed by atoms with E-state index >= 15 is 0 Å². The van der Waals surface area contributed by atoms with Crippen LogP contribution in [-0.4, -0.2) is 37.4 Å². The maximum Gasteiger partial charge on any atom is 0.121 e. The summed E-state index contributed by atoms with van der Waals surface area (Å²) < 4.78 is 9.68. The van der Waals surface area contributed by atoms with E-state index in [1.165, 1.54) is 5.56 Å². The van der Waals surface area contributed by atoms with E-state index in [2.05, 4.69) is 37.6 Å². The molecule has 4 rings (SSSR count). The van der Waals surface area contributed by atoms with Crippen molar-refractivity contribution < 1.29 is 4.74 Å². The number of thiophene rings is 1. The summed E-state index contributed by atoms with van der Waals surface area (Å²) >= 11 is 1.72. The largest absolute Gasteiger partial charge is 0.369 e. The summed E-state index contributed by atoms with van der Waals surface area (Å²) in [6, 6.07) is 2.13. The van der Waals surface area contributed by atoms with Crippen molar-refractivity contribution in [3.8, 4) is 11.3 Å². The molecule has 1 aliphatic rings. The van der Waals surface area contributed by atoms with Crippen LogP contribution < -0.4 is 5.32 Å². The third kappa shape index (κ3) is 3.05. The summed E-state index contributed by atoms with van der Waals surface area (Å²) in [5, 5.41) is 20.4. The average molecular weight is 330 g/mol. The van der Waals surface area contributed by atoms with Gasteiger partial charge >= 0.3 is 0 Å². The van der Waals surface area contributed by atoms with Crippen LogP contribution in [-0.2, 0) is 31.5 Å². The summed E-state index contributed by atoms with van der Waals surface area (Å²) in [7, 11) is 1.89. The predicted molar refractivity (Wildman–Crippen MR) is 86.8 cm³/mol. The lowest BCUT2D eigenvalue weighted by molar-refractivity contribution is 0.00126. The molecule has 120 valence electrons. The molecule has 3 aromatic rings. The second kappa shape index (κ2) is 6.23. The Morgan fingerprint density at radius 3 is 3.22 bits per heavy atom. The quantitative estimate of drug-likeness (QED) is 0.766. The summed E-state index contributed by atoms with van der Waals surface area (Å²) in [5.74, 6) is 0. The Morgan fingerprint density at radius 1 is 1.48 bits per heavy atom. The summed E-state index contributed by atoms with van der Waals surface area (Å²) in [6.07, 6.45) is 3.86. The van der Waals surface area contributed by atoms with Gasteiger partial charge in [-0.05, 0) is 22.4 Å². The molecule has 0 saturated carbocycles. The predicted octanol–water partition coefficient (Wildman–Crippen LogP) is 1.43. The van der Waals surface area contributed by atoms with Crippen LogP contribution in [0.1, 0.15) is 11.3 Å². The normalized spacial score (nSPS) is 17.3. The standard InChI is InChI=1S/C15H18N6OS/c1-20-7-12(5-17-20)15-14-9-22-13(8-21(14)19-18-15)6-16-4-11-2-3-23-10-11/h2-3,5,7,10,13,16H,4,6,8-9H2,1H3/t13-/m0/s1. The van der Waals surface area contributed by atoms with Gasteiger partial charge in [-0.3, -0.25) is 4.68 Å². The van der Waals surface area contributed by atoms with Gasteiger partial charge in [-0.15, -0.1) is 5.10 Å². The minimum absolute atomic E-state index is 0.115. The second-order valence-corrected chi connectivity index (χ2v) is 6.45. The lowest BCUT2D eigenvalue weighted by Gasteiger charge is -2.24. The third-order valence-electron chi connectivity index (χ3n) is 3.93. The molecular weight excluding hydrogens is 312 g/mol. The van der Waals surface area contributed by atoms with Crippen molar-refractivity contribution in [3.63, 3.8) is 0 Å². The average Bonchev–Trinajstić information content (AvgIpc) is 3.27. The number of hydrogen-bond donors (Lipinski definition) is 1. The first-order valence-corrected chi connectivity index (χ1v) is 8.48. The number of ether oxygens (including phenoxy) is 1. The van der Waals surface area contributed by atoms with Crippen LogP contribution in [0.4, 0.5) is 0 Å². The molecule has 0 fully saturated rings. The van der Waals surface area contributed by atoms with Crippen molar-refractivity contribution in [3.05, 3.63) is 40.5 Å². The molecule has 0 unspecified atom stereocenters. The lowest BCUT2D eigenvalue weighted by Crippen LogP contribution is -2.36. The van der Waals surface area contributed by atoms with Crippen LogP contribution in [0.5, 0.6) is 0 Å². The molecule has 4 heterocycles. The van der Waals surface area contributed by atoms with E-state index in [4.69, 9.17) is 4.74 Å². The smallest absolute Gasteiger partial charge is 0.121 e. The van der Waals surface area contributed by atoms with Gasteiger partial charge in [0.1, 0.15) is 5.69 Å². The first kappa shape index (κ1) is 14.6. The number of nitrogens with zero attached hydrogens (tertiary/aromatic N) is 5. The molecule has 0 aromatic carbocycles. The number of aryl methyl sites for hydroxylation is 1. The van der Waals surface area contributed by atoms with Crippen molar-refractivity contribution >= 4 is 11.3 Å². The molecule has 0 saturated heterocycles. The molecule has 0 radical (unpaired) electrons. The van der Waals surface area contributed by atoms with Gasteiger partial charge in [0, 0.05) is 31.9 Å². The fourth-order valence-corrected chi connectivity index (χ4v) is 3.40. The van der Waals surface area contributed by atoms with E-state index in [1.54, 1.807) is 22.2 Å². The van der Waals surface area contributed by atoms with Gasteiger partial charge in [-0.1, -0.05) is 5.21 Å². The van der Waals surface area contributed by atoms with Gasteiger partial charge in [0.25, 0.3) is 0 Å². The van der Waals surface area contributed by atoms with Crippen molar-refractivity contribution in [2.45, 2.75) is 25.8 Å². The fourth-order valence-electron chi connectivity index (χ4n) is 2.73. The molecule has 3 aromatic heterocycles. The van der Waals surface area contributed by atoms with Crippen molar-refractivity contribution in [2.24, 2.45) is 7.05 Å². The molecule has 0 aliphatic carbocycles. The Hall–Kier alpha value is -2.03. The number of rotatable bonds is 5. The zero-order valence-corrected chi connectivity index (χ0v) is 13.7. The Morgan fingerprint density at radius 2 is 2.43 bits per heavy atom. The number of aromatic nitrogens is 5. The molecule has 7 nitrogen and oxygen atoms in total. The summed E-state index contributed by atoms with van der Waals surface area (Å²) in [4.78, 5) is 0. The van der Waals surface area contributed by atoms with Crippen LogP contribution in [0.3, 0.4) is 0 Å². The maximum atomic E-state index is 5.96. The van der Waals surface area contributed by atoms with E-state index in [0.29, 0.717) is 6.61 Å². The fraction of sp³-hybridized carbons (Fsp3) is 0.400. The topological polar surface area (TPSA) is 69.8 Å². The monoisotopic (exact) mass is 330 g/mol. The molecular formula is C15H18N6OS. The Balaban J connectivity index is 1.39. The number of nitrogens with one attached hydrogen (secondary N) is 1. The van der Waals surface area contributed by atoms with Gasteiger partial charge in [-0.2, -0.15) is 16.4 Å². The van der Waals surface area contributed by atoms with E-state index in [9.17, 15) is 0 Å². The highest BCUT2D eigenvalue weighted by Gasteiger charge is 2.24. The van der Waals surface area contributed by atoms with Gasteiger partial charge < -0.3 is 10.1 Å². The molecule has 0 spiro atoms. The highest BCUT2D eigenvalue weighted by atomic mass is 32.1. The minimum atomic E-state index is 0.115. The van der Waals surface area contributed by atoms with Gasteiger partial charge in [0.05, 0.1) is 31.1 Å². The Labute approximate surface area is 137 Å². The molecule has 23 heavy (non-hydrogen) atoms. The van der Waals surface area contributed by atoms with Crippen LogP contribution in [0.25, 0.3) is 11.3 Å². The first-order chi connectivity index (χ1) is 11.3.